The first-order valence-corrected chi connectivity index (χ1v) is 9.22. The average Bonchev–Trinajstić information content (AvgIpc) is 2.77. The summed E-state index contributed by atoms with van der Waals surface area (Å²) in [4.78, 5) is 17.6. The highest BCUT2D eigenvalue weighted by molar-refractivity contribution is 6.07. The first-order valence-electron chi connectivity index (χ1n) is 9.22. The molecule has 0 bridgehead atoms. The number of ether oxygens (including phenoxy) is 1. The SMILES string of the molecule is O=C(NCCOc1ccccc1)c1cc(-c2ccccc2)nc2ccccc12. The number of fused-ring (bicyclic) bond motifs is 1. The number of rotatable bonds is 6. The topological polar surface area (TPSA) is 51.2 Å². The summed E-state index contributed by atoms with van der Waals surface area (Å²) >= 11 is 0. The first kappa shape index (κ1) is 17.7. The number of pyridine rings is 1. The van der Waals surface area contributed by atoms with E-state index in [2.05, 4.69) is 5.32 Å². The molecular formula is C24H20N2O2. The second-order valence-corrected chi connectivity index (χ2v) is 6.36. The van der Waals surface area contributed by atoms with Gasteiger partial charge in [0.15, 0.2) is 0 Å². The Hall–Kier alpha value is -3.66. The number of benzene rings is 3. The number of hydrogen-bond donors (Lipinski definition) is 1. The van der Waals surface area contributed by atoms with E-state index in [9.17, 15) is 4.79 Å². The van der Waals surface area contributed by atoms with Crippen LogP contribution in [-0.4, -0.2) is 24.0 Å². The van der Waals surface area contributed by atoms with Gasteiger partial charge in [-0.15, -0.1) is 0 Å². The van der Waals surface area contributed by atoms with Gasteiger partial charge in [0.25, 0.3) is 5.91 Å². The van der Waals surface area contributed by atoms with Crippen LogP contribution in [-0.2, 0) is 0 Å². The molecule has 0 aliphatic carbocycles. The molecular weight excluding hydrogens is 348 g/mol. The molecule has 4 aromatic rings. The van der Waals surface area contributed by atoms with Gasteiger partial charge in [0, 0.05) is 10.9 Å². The standard InChI is InChI=1S/C24H20N2O2/c27-24(25-15-16-28-19-11-5-2-6-12-19)21-17-23(18-9-3-1-4-10-18)26-22-14-8-7-13-20(21)22/h1-14,17H,15-16H2,(H,25,27). The predicted octanol–water partition coefficient (Wildman–Crippen LogP) is 4.71. The molecule has 138 valence electrons. The van der Waals surface area contributed by atoms with Crippen molar-refractivity contribution in [3.8, 4) is 17.0 Å². The molecule has 0 spiro atoms. The van der Waals surface area contributed by atoms with Crippen molar-refractivity contribution in [2.24, 2.45) is 0 Å². The molecule has 0 saturated carbocycles. The Labute approximate surface area is 163 Å². The van der Waals surface area contributed by atoms with Crippen LogP contribution in [0.1, 0.15) is 10.4 Å². The molecule has 4 rings (SSSR count). The molecule has 0 radical (unpaired) electrons. The summed E-state index contributed by atoms with van der Waals surface area (Å²) in [7, 11) is 0. The van der Waals surface area contributed by atoms with Gasteiger partial charge in [-0.3, -0.25) is 4.79 Å². The van der Waals surface area contributed by atoms with E-state index < -0.39 is 0 Å². The van der Waals surface area contributed by atoms with E-state index in [-0.39, 0.29) is 5.91 Å². The maximum absolute atomic E-state index is 12.9. The van der Waals surface area contributed by atoms with Crippen LogP contribution < -0.4 is 10.1 Å². The number of hydrogen-bond acceptors (Lipinski definition) is 3. The maximum atomic E-state index is 12.9. The Bertz CT molecular complexity index is 1080. The zero-order valence-electron chi connectivity index (χ0n) is 15.3. The van der Waals surface area contributed by atoms with E-state index in [1.165, 1.54) is 0 Å². The number of carbonyl (C=O) groups is 1. The number of nitrogens with zero attached hydrogens (tertiary/aromatic N) is 1. The number of carbonyl (C=O) groups excluding carboxylic acids is 1. The fourth-order valence-electron chi connectivity index (χ4n) is 3.07. The van der Waals surface area contributed by atoms with E-state index >= 15 is 0 Å². The lowest BCUT2D eigenvalue weighted by atomic mass is 10.0. The third-order valence-corrected chi connectivity index (χ3v) is 4.43. The summed E-state index contributed by atoms with van der Waals surface area (Å²) in [6.07, 6.45) is 0. The number of para-hydroxylation sites is 2. The highest BCUT2D eigenvalue weighted by Crippen LogP contribution is 2.24. The van der Waals surface area contributed by atoms with Crippen LogP contribution in [0.3, 0.4) is 0 Å². The van der Waals surface area contributed by atoms with Gasteiger partial charge in [-0.25, -0.2) is 4.98 Å². The van der Waals surface area contributed by atoms with Crippen LogP contribution in [0.2, 0.25) is 0 Å². The Morgan fingerprint density at radius 3 is 2.32 bits per heavy atom. The van der Waals surface area contributed by atoms with Crippen LogP contribution in [0.5, 0.6) is 5.75 Å². The fourth-order valence-corrected chi connectivity index (χ4v) is 3.07. The minimum absolute atomic E-state index is 0.132. The first-order chi connectivity index (χ1) is 13.8. The molecule has 1 aromatic heterocycles. The number of nitrogens with one attached hydrogen (secondary N) is 1. The summed E-state index contributed by atoms with van der Waals surface area (Å²) in [5, 5.41) is 3.79. The molecule has 1 heterocycles. The van der Waals surface area contributed by atoms with E-state index in [4.69, 9.17) is 9.72 Å². The maximum Gasteiger partial charge on any atom is 0.252 e. The molecule has 4 heteroatoms. The Kier molecular flexibility index (Phi) is 5.29. The third-order valence-electron chi connectivity index (χ3n) is 4.43. The molecule has 28 heavy (non-hydrogen) atoms. The quantitative estimate of drug-likeness (QED) is 0.502. The largest absolute Gasteiger partial charge is 0.492 e. The Balaban J connectivity index is 1.54. The van der Waals surface area contributed by atoms with Crippen molar-refractivity contribution in [1.82, 2.24) is 10.3 Å². The third kappa shape index (κ3) is 4.01. The van der Waals surface area contributed by atoms with Gasteiger partial charge < -0.3 is 10.1 Å². The van der Waals surface area contributed by atoms with Gasteiger partial charge in [-0.1, -0.05) is 66.7 Å². The summed E-state index contributed by atoms with van der Waals surface area (Å²) in [5.41, 5.74) is 3.18. The van der Waals surface area contributed by atoms with Gasteiger partial charge >= 0.3 is 0 Å². The molecule has 1 N–H and O–H groups in total. The van der Waals surface area contributed by atoms with E-state index in [0.717, 1.165) is 27.9 Å². The van der Waals surface area contributed by atoms with Crippen molar-refractivity contribution >= 4 is 16.8 Å². The van der Waals surface area contributed by atoms with E-state index in [0.29, 0.717) is 18.7 Å². The van der Waals surface area contributed by atoms with Gasteiger partial charge in [0.1, 0.15) is 12.4 Å². The Morgan fingerprint density at radius 2 is 1.54 bits per heavy atom. The summed E-state index contributed by atoms with van der Waals surface area (Å²) in [6.45, 7) is 0.829. The van der Waals surface area contributed by atoms with Crippen molar-refractivity contribution < 1.29 is 9.53 Å². The van der Waals surface area contributed by atoms with Crippen LogP contribution in [0.4, 0.5) is 0 Å². The van der Waals surface area contributed by atoms with Gasteiger partial charge in [-0.2, -0.15) is 0 Å². The fraction of sp³-hybridized carbons (Fsp3) is 0.0833. The van der Waals surface area contributed by atoms with E-state index in [1.807, 2.05) is 91.0 Å². The van der Waals surface area contributed by atoms with Crippen LogP contribution in [0.15, 0.2) is 91.0 Å². The minimum atomic E-state index is -0.132. The molecule has 4 nitrogen and oxygen atoms in total. The monoisotopic (exact) mass is 368 g/mol. The van der Waals surface area contributed by atoms with Crippen molar-refractivity contribution in [2.45, 2.75) is 0 Å². The zero-order chi connectivity index (χ0) is 19.2. The van der Waals surface area contributed by atoms with Crippen molar-refractivity contribution in [3.63, 3.8) is 0 Å². The second-order valence-electron chi connectivity index (χ2n) is 6.36. The lowest BCUT2D eigenvalue weighted by Crippen LogP contribution is -2.28. The highest BCUT2D eigenvalue weighted by atomic mass is 16.5. The van der Waals surface area contributed by atoms with Crippen molar-refractivity contribution in [2.75, 3.05) is 13.2 Å². The zero-order valence-corrected chi connectivity index (χ0v) is 15.3. The van der Waals surface area contributed by atoms with E-state index in [1.54, 1.807) is 0 Å². The van der Waals surface area contributed by atoms with Crippen LogP contribution >= 0.6 is 0 Å². The highest BCUT2D eigenvalue weighted by Gasteiger charge is 2.13. The normalized spacial score (nSPS) is 10.6. The molecule has 0 atom stereocenters. The number of aromatic nitrogens is 1. The molecule has 0 fully saturated rings. The minimum Gasteiger partial charge on any atom is -0.492 e. The molecule has 1 amide bonds. The molecule has 0 saturated heterocycles. The molecule has 0 aliphatic heterocycles. The summed E-state index contributed by atoms with van der Waals surface area (Å²) in [6, 6.07) is 29.0. The lowest BCUT2D eigenvalue weighted by molar-refractivity contribution is 0.0948. The van der Waals surface area contributed by atoms with Crippen LogP contribution in [0, 0.1) is 0 Å². The average molecular weight is 368 g/mol. The van der Waals surface area contributed by atoms with Crippen molar-refractivity contribution in [1.29, 1.82) is 0 Å². The van der Waals surface area contributed by atoms with Crippen LogP contribution in [0.25, 0.3) is 22.2 Å². The summed E-state index contributed by atoms with van der Waals surface area (Å²) in [5.74, 6) is 0.657. The molecule has 3 aromatic carbocycles. The van der Waals surface area contributed by atoms with Crippen molar-refractivity contribution in [3.05, 3.63) is 96.6 Å². The van der Waals surface area contributed by atoms with Gasteiger partial charge in [0.2, 0.25) is 0 Å². The predicted molar refractivity (Wildman–Crippen MR) is 111 cm³/mol. The number of amides is 1. The summed E-state index contributed by atoms with van der Waals surface area (Å²) < 4.78 is 5.65. The smallest absolute Gasteiger partial charge is 0.252 e. The second kappa shape index (κ2) is 8.35. The van der Waals surface area contributed by atoms with Gasteiger partial charge in [0.05, 0.1) is 23.3 Å². The molecule has 0 aliphatic rings. The van der Waals surface area contributed by atoms with Gasteiger partial charge in [-0.05, 0) is 24.3 Å². The molecule has 0 unspecified atom stereocenters. The lowest BCUT2D eigenvalue weighted by Gasteiger charge is -2.11. The Morgan fingerprint density at radius 1 is 0.857 bits per heavy atom.